The molecule has 1 unspecified atom stereocenters. The van der Waals surface area contributed by atoms with Crippen LogP contribution in [0.1, 0.15) is 52.4 Å². The Bertz CT molecular complexity index is 321. The van der Waals surface area contributed by atoms with Crippen LogP contribution < -0.4 is 10.9 Å². The number of carbonyl (C=O) groups is 1. The zero-order valence-electron chi connectivity index (χ0n) is 12.1. The fourth-order valence-electron chi connectivity index (χ4n) is 4.85. The van der Waals surface area contributed by atoms with Crippen molar-refractivity contribution >= 4 is 5.97 Å². The summed E-state index contributed by atoms with van der Waals surface area (Å²) in [7, 11) is 0. The molecule has 4 rings (SSSR count). The summed E-state index contributed by atoms with van der Waals surface area (Å²) in [5, 5.41) is 0. The van der Waals surface area contributed by atoms with Crippen LogP contribution in [0, 0.1) is 17.8 Å². The number of hydrazine groups is 1. The summed E-state index contributed by atoms with van der Waals surface area (Å²) in [6.07, 6.45) is 8.15. The van der Waals surface area contributed by atoms with Crippen molar-refractivity contribution < 1.29 is 9.53 Å². The van der Waals surface area contributed by atoms with Crippen molar-refractivity contribution in [2.45, 2.75) is 64.0 Å². The van der Waals surface area contributed by atoms with Gasteiger partial charge in [-0.15, -0.1) is 0 Å². The molecular formula is C15H26N2O2. The molecule has 0 aromatic rings. The predicted molar refractivity (Wildman–Crippen MR) is 73.3 cm³/mol. The highest BCUT2D eigenvalue weighted by atomic mass is 16.5. The first-order chi connectivity index (χ1) is 9.10. The number of nitrogens with one attached hydrogen (secondary N) is 2. The molecule has 2 N–H and O–H groups in total. The van der Waals surface area contributed by atoms with Gasteiger partial charge in [-0.3, -0.25) is 10.2 Å². The highest BCUT2D eigenvalue weighted by molar-refractivity contribution is 5.75. The summed E-state index contributed by atoms with van der Waals surface area (Å²) in [6.45, 7) is 4.16. The Balaban J connectivity index is 1.56. The molecule has 19 heavy (non-hydrogen) atoms. The van der Waals surface area contributed by atoms with Crippen molar-refractivity contribution in [3.05, 3.63) is 0 Å². The maximum Gasteiger partial charge on any atom is 0.324 e. The number of rotatable bonds is 5. The molecule has 4 heteroatoms. The normalized spacial score (nSPS) is 41.3. The number of ether oxygens (including phenoxy) is 1. The fourth-order valence-corrected chi connectivity index (χ4v) is 4.85. The van der Waals surface area contributed by atoms with Gasteiger partial charge in [0.25, 0.3) is 0 Å². The molecule has 0 aromatic carbocycles. The minimum absolute atomic E-state index is 0.167. The molecule has 1 atom stereocenters. The van der Waals surface area contributed by atoms with Crippen molar-refractivity contribution in [3.8, 4) is 0 Å². The number of hydrogen-bond donors (Lipinski definition) is 2. The van der Waals surface area contributed by atoms with Gasteiger partial charge in [-0.2, -0.15) is 0 Å². The van der Waals surface area contributed by atoms with Gasteiger partial charge in [0.2, 0.25) is 0 Å². The van der Waals surface area contributed by atoms with Gasteiger partial charge in [0.05, 0.1) is 6.61 Å². The van der Waals surface area contributed by atoms with Gasteiger partial charge in [-0.1, -0.05) is 0 Å². The van der Waals surface area contributed by atoms with E-state index in [-0.39, 0.29) is 17.6 Å². The maximum absolute atomic E-state index is 11.6. The second-order valence-corrected chi connectivity index (χ2v) is 6.94. The van der Waals surface area contributed by atoms with Crippen molar-refractivity contribution in [3.63, 3.8) is 0 Å². The summed E-state index contributed by atoms with van der Waals surface area (Å²) in [5.41, 5.74) is 6.96. The van der Waals surface area contributed by atoms with E-state index in [1.165, 1.54) is 38.5 Å². The Kier molecular flexibility index (Phi) is 3.56. The summed E-state index contributed by atoms with van der Waals surface area (Å²) in [4.78, 5) is 11.6. The average Bonchev–Trinajstić information content (AvgIpc) is 2.34. The first-order valence-corrected chi connectivity index (χ1v) is 7.79. The number of carbonyl (C=O) groups excluding carboxylic acids is 1. The summed E-state index contributed by atoms with van der Waals surface area (Å²) in [5.74, 6) is 2.58. The summed E-state index contributed by atoms with van der Waals surface area (Å²) in [6, 6.07) is -0.270. The molecule has 4 bridgehead atoms. The third kappa shape index (κ3) is 2.65. The van der Waals surface area contributed by atoms with Crippen LogP contribution in [0.25, 0.3) is 0 Å². The lowest BCUT2D eigenvalue weighted by atomic mass is 9.53. The van der Waals surface area contributed by atoms with Crippen LogP contribution in [0.5, 0.6) is 0 Å². The van der Waals surface area contributed by atoms with E-state index in [1.54, 1.807) is 0 Å². The van der Waals surface area contributed by atoms with E-state index in [1.807, 2.05) is 13.8 Å². The zero-order valence-corrected chi connectivity index (χ0v) is 12.1. The van der Waals surface area contributed by atoms with Crippen LogP contribution in [0.4, 0.5) is 0 Å². The summed E-state index contributed by atoms with van der Waals surface area (Å²) >= 11 is 0. The van der Waals surface area contributed by atoms with E-state index >= 15 is 0 Å². The molecule has 0 aliphatic heterocycles. The minimum atomic E-state index is -0.270. The molecule has 4 aliphatic rings. The summed E-state index contributed by atoms with van der Waals surface area (Å²) < 4.78 is 5.03. The molecule has 0 amide bonds. The minimum Gasteiger partial charge on any atom is -0.465 e. The standard InChI is InChI=1S/C15H26N2O2/c1-3-19-14(18)10(2)16-17-15-7-11-4-12(8-15)6-13(5-11)9-15/h10-13,16-17H,3-9H2,1-2H3. The monoisotopic (exact) mass is 266 g/mol. The predicted octanol–water partition coefficient (Wildman–Crippen LogP) is 2.00. The van der Waals surface area contributed by atoms with Crippen LogP contribution in [-0.2, 0) is 9.53 Å². The van der Waals surface area contributed by atoms with E-state index in [0.717, 1.165) is 17.8 Å². The fraction of sp³-hybridized carbons (Fsp3) is 0.933. The average molecular weight is 266 g/mol. The van der Waals surface area contributed by atoms with E-state index < -0.39 is 0 Å². The molecule has 4 saturated carbocycles. The highest BCUT2D eigenvalue weighted by Gasteiger charge is 2.50. The largest absolute Gasteiger partial charge is 0.465 e. The smallest absolute Gasteiger partial charge is 0.324 e. The van der Waals surface area contributed by atoms with Gasteiger partial charge >= 0.3 is 5.97 Å². The third-order valence-corrected chi connectivity index (χ3v) is 5.23. The first-order valence-electron chi connectivity index (χ1n) is 7.79. The van der Waals surface area contributed by atoms with Gasteiger partial charge < -0.3 is 4.74 Å². The lowest BCUT2D eigenvalue weighted by Gasteiger charge is -2.57. The molecule has 108 valence electrons. The Labute approximate surface area is 115 Å². The number of hydrogen-bond acceptors (Lipinski definition) is 4. The maximum atomic E-state index is 11.6. The lowest BCUT2D eigenvalue weighted by Crippen LogP contribution is -2.63. The quantitative estimate of drug-likeness (QED) is 0.590. The van der Waals surface area contributed by atoms with E-state index in [4.69, 9.17) is 4.74 Å². The van der Waals surface area contributed by atoms with Crippen LogP contribution >= 0.6 is 0 Å². The van der Waals surface area contributed by atoms with Gasteiger partial charge in [-0.05, 0) is 70.1 Å². The van der Waals surface area contributed by atoms with Crippen LogP contribution in [0.15, 0.2) is 0 Å². The van der Waals surface area contributed by atoms with E-state index in [0.29, 0.717) is 6.61 Å². The topological polar surface area (TPSA) is 50.4 Å². The Morgan fingerprint density at radius 3 is 2.21 bits per heavy atom. The Morgan fingerprint density at radius 1 is 1.21 bits per heavy atom. The van der Waals surface area contributed by atoms with Crippen LogP contribution in [-0.4, -0.2) is 24.2 Å². The van der Waals surface area contributed by atoms with E-state index in [9.17, 15) is 4.79 Å². The molecular weight excluding hydrogens is 240 g/mol. The van der Waals surface area contributed by atoms with Crippen molar-refractivity contribution in [1.82, 2.24) is 10.9 Å². The second kappa shape index (κ2) is 5.06. The first kappa shape index (κ1) is 13.4. The van der Waals surface area contributed by atoms with Gasteiger partial charge in [-0.25, -0.2) is 5.43 Å². The molecule has 0 spiro atoms. The van der Waals surface area contributed by atoms with Crippen molar-refractivity contribution in [2.24, 2.45) is 17.8 Å². The van der Waals surface area contributed by atoms with Crippen LogP contribution in [0.3, 0.4) is 0 Å². The SMILES string of the molecule is CCOC(=O)C(C)NNC12CC3CC(CC(C3)C1)C2. The van der Waals surface area contributed by atoms with Gasteiger partial charge in [0.15, 0.2) is 0 Å². The molecule has 4 nitrogen and oxygen atoms in total. The zero-order chi connectivity index (χ0) is 13.5. The molecule has 0 radical (unpaired) electrons. The lowest BCUT2D eigenvalue weighted by molar-refractivity contribution is -0.146. The number of esters is 1. The Morgan fingerprint density at radius 2 is 1.74 bits per heavy atom. The second-order valence-electron chi connectivity index (χ2n) is 6.94. The molecule has 4 fully saturated rings. The highest BCUT2D eigenvalue weighted by Crippen LogP contribution is 2.55. The molecule has 4 aliphatic carbocycles. The third-order valence-electron chi connectivity index (χ3n) is 5.23. The molecule has 0 aromatic heterocycles. The molecule has 0 heterocycles. The molecule has 0 saturated heterocycles. The van der Waals surface area contributed by atoms with Gasteiger partial charge in [0, 0.05) is 5.54 Å². The Hall–Kier alpha value is -0.610. The van der Waals surface area contributed by atoms with Crippen LogP contribution in [0.2, 0.25) is 0 Å². The van der Waals surface area contributed by atoms with Crippen molar-refractivity contribution in [2.75, 3.05) is 6.61 Å². The van der Waals surface area contributed by atoms with Crippen molar-refractivity contribution in [1.29, 1.82) is 0 Å². The van der Waals surface area contributed by atoms with Gasteiger partial charge in [0.1, 0.15) is 6.04 Å². The van der Waals surface area contributed by atoms with E-state index in [2.05, 4.69) is 10.9 Å².